The van der Waals surface area contributed by atoms with Crippen LogP contribution in [-0.2, 0) is 0 Å². The molecule has 226 valence electrons. The van der Waals surface area contributed by atoms with Gasteiger partial charge in [0.25, 0.3) is 0 Å². The van der Waals surface area contributed by atoms with E-state index in [0.29, 0.717) is 0 Å². The Bertz CT molecular complexity index is 2690. The predicted octanol–water partition coefficient (Wildman–Crippen LogP) is 13.4. The zero-order chi connectivity index (χ0) is 32.0. The highest BCUT2D eigenvalue weighted by molar-refractivity contribution is 6.18. The molecular weight excluding hydrogens is 583 g/mol. The highest BCUT2D eigenvalue weighted by Crippen LogP contribution is 2.45. The van der Waals surface area contributed by atoms with Gasteiger partial charge in [-0.1, -0.05) is 146 Å². The lowest BCUT2D eigenvalue weighted by Crippen LogP contribution is -2.11. The predicted molar refractivity (Wildman–Crippen MR) is 206 cm³/mol. The van der Waals surface area contributed by atoms with E-state index < -0.39 is 0 Å². The second-order valence-electron chi connectivity index (χ2n) is 12.2. The average Bonchev–Trinajstić information content (AvgIpc) is 3.54. The minimum absolute atomic E-state index is 0.895. The second-order valence-corrected chi connectivity index (χ2v) is 12.2. The molecule has 1 aromatic heterocycles. The summed E-state index contributed by atoms with van der Waals surface area (Å²) in [6.07, 6.45) is 5.84. The summed E-state index contributed by atoms with van der Waals surface area (Å²) < 4.78 is 6.82. The standard InChI is InChI=1S/C46H31NO/c1-2-3-11-31-20-25-35(26-21-31)47(36-27-29-38-34(30-36)23-22-32-12-4-6-14-37(32)38)44-19-9-8-16-40(44)41-17-10-18-42-43-28-24-33-13-5-7-15-39(33)45(43)48-46(41)42/h2-30H,1H2/b11-3-. The van der Waals surface area contributed by atoms with Crippen LogP contribution in [0.1, 0.15) is 5.56 Å². The van der Waals surface area contributed by atoms with Crippen molar-refractivity contribution in [1.82, 2.24) is 0 Å². The fourth-order valence-electron chi connectivity index (χ4n) is 7.12. The van der Waals surface area contributed by atoms with Crippen molar-refractivity contribution in [1.29, 1.82) is 0 Å². The molecule has 0 atom stereocenters. The molecule has 0 spiro atoms. The van der Waals surface area contributed by atoms with Gasteiger partial charge in [0.1, 0.15) is 11.2 Å². The fourth-order valence-corrected chi connectivity index (χ4v) is 7.12. The van der Waals surface area contributed by atoms with E-state index in [9.17, 15) is 0 Å². The highest BCUT2D eigenvalue weighted by Gasteiger charge is 2.21. The van der Waals surface area contributed by atoms with E-state index in [0.717, 1.165) is 61.1 Å². The molecule has 0 aliphatic carbocycles. The lowest BCUT2D eigenvalue weighted by atomic mass is 9.98. The molecule has 2 nitrogen and oxygen atoms in total. The van der Waals surface area contributed by atoms with Crippen LogP contribution < -0.4 is 4.90 Å². The quantitative estimate of drug-likeness (QED) is 0.137. The van der Waals surface area contributed by atoms with Crippen molar-refractivity contribution in [2.24, 2.45) is 0 Å². The van der Waals surface area contributed by atoms with Crippen LogP contribution in [0, 0.1) is 0 Å². The molecule has 48 heavy (non-hydrogen) atoms. The number of para-hydroxylation sites is 2. The maximum Gasteiger partial charge on any atom is 0.143 e. The number of hydrogen-bond donors (Lipinski definition) is 0. The van der Waals surface area contributed by atoms with Crippen molar-refractivity contribution in [3.63, 3.8) is 0 Å². The number of fused-ring (bicyclic) bond motifs is 8. The van der Waals surface area contributed by atoms with Crippen LogP contribution >= 0.6 is 0 Å². The summed E-state index contributed by atoms with van der Waals surface area (Å²) in [6.45, 7) is 3.83. The summed E-state index contributed by atoms with van der Waals surface area (Å²) in [7, 11) is 0. The zero-order valence-electron chi connectivity index (χ0n) is 26.3. The smallest absolute Gasteiger partial charge is 0.143 e. The normalized spacial score (nSPS) is 11.8. The van der Waals surface area contributed by atoms with Gasteiger partial charge in [-0.2, -0.15) is 0 Å². The maximum atomic E-state index is 6.82. The minimum atomic E-state index is 0.895. The molecule has 0 aliphatic heterocycles. The third-order valence-electron chi connectivity index (χ3n) is 9.39. The molecular formula is C46H31NO. The average molecular weight is 614 g/mol. The Morgan fingerprint density at radius 1 is 0.458 bits per heavy atom. The van der Waals surface area contributed by atoms with E-state index in [1.165, 1.54) is 26.9 Å². The Labute approximate surface area is 279 Å². The van der Waals surface area contributed by atoms with Gasteiger partial charge in [-0.15, -0.1) is 0 Å². The molecule has 1 heterocycles. The van der Waals surface area contributed by atoms with Crippen LogP contribution in [-0.4, -0.2) is 0 Å². The molecule has 0 fully saturated rings. The van der Waals surface area contributed by atoms with Gasteiger partial charge in [0.15, 0.2) is 0 Å². The first-order chi connectivity index (χ1) is 23.8. The molecule has 0 radical (unpaired) electrons. The Kier molecular flexibility index (Phi) is 6.65. The van der Waals surface area contributed by atoms with Crippen LogP contribution in [0.5, 0.6) is 0 Å². The van der Waals surface area contributed by atoms with Crippen molar-refractivity contribution < 1.29 is 4.42 Å². The van der Waals surface area contributed by atoms with Crippen LogP contribution in [0.2, 0.25) is 0 Å². The summed E-state index contributed by atoms with van der Waals surface area (Å²) in [5.41, 5.74) is 8.33. The van der Waals surface area contributed by atoms with E-state index in [1.807, 2.05) is 6.08 Å². The van der Waals surface area contributed by atoms with Crippen LogP contribution in [0.15, 0.2) is 181 Å². The number of nitrogens with zero attached hydrogens (tertiary/aromatic N) is 1. The Hall–Kier alpha value is -6.38. The molecule has 0 saturated heterocycles. The molecule has 8 aromatic carbocycles. The molecule has 0 bridgehead atoms. The SMILES string of the molecule is C=C/C=C\c1ccc(N(c2ccc3c(ccc4ccccc43)c2)c2ccccc2-c2cccc3c2oc2c4ccccc4ccc32)cc1. The van der Waals surface area contributed by atoms with Gasteiger partial charge in [-0.25, -0.2) is 0 Å². The van der Waals surface area contributed by atoms with Crippen molar-refractivity contribution in [2.45, 2.75) is 0 Å². The van der Waals surface area contributed by atoms with E-state index >= 15 is 0 Å². The van der Waals surface area contributed by atoms with Gasteiger partial charge in [0.05, 0.1) is 5.69 Å². The van der Waals surface area contributed by atoms with Gasteiger partial charge in [-0.3, -0.25) is 0 Å². The van der Waals surface area contributed by atoms with Crippen LogP contribution in [0.3, 0.4) is 0 Å². The number of anilines is 3. The molecule has 0 amide bonds. The molecule has 0 N–H and O–H groups in total. The Balaban J connectivity index is 1.27. The van der Waals surface area contributed by atoms with Crippen LogP contribution in [0.4, 0.5) is 17.1 Å². The molecule has 2 heteroatoms. The third kappa shape index (κ3) is 4.58. The van der Waals surface area contributed by atoms with Crippen molar-refractivity contribution >= 4 is 77.4 Å². The molecule has 0 saturated carbocycles. The lowest BCUT2D eigenvalue weighted by Gasteiger charge is -2.28. The minimum Gasteiger partial charge on any atom is -0.455 e. The maximum absolute atomic E-state index is 6.82. The first-order valence-corrected chi connectivity index (χ1v) is 16.3. The van der Waals surface area contributed by atoms with Crippen molar-refractivity contribution in [2.75, 3.05) is 4.90 Å². The third-order valence-corrected chi connectivity index (χ3v) is 9.39. The number of allylic oxidation sites excluding steroid dienone is 2. The zero-order valence-corrected chi connectivity index (χ0v) is 26.3. The first kappa shape index (κ1) is 27.9. The van der Waals surface area contributed by atoms with E-state index in [4.69, 9.17) is 4.42 Å². The molecule has 9 rings (SSSR count). The van der Waals surface area contributed by atoms with Gasteiger partial charge < -0.3 is 9.32 Å². The van der Waals surface area contributed by atoms with Gasteiger partial charge >= 0.3 is 0 Å². The number of benzene rings is 8. The van der Waals surface area contributed by atoms with Gasteiger partial charge in [0.2, 0.25) is 0 Å². The topological polar surface area (TPSA) is 16.4 Å². The first-order valence-electron chi connectivity index (χ1n) is 16.3. The monoisotopic (exact) mass is 613 g/mol. The molecule has 0 unspecified atom stereocenters. The lowest BCUT2D eigenvalue weighted by molar-refractivity contribution is 0.674. The largest absolute Gasteiger partial charge is 0.455 e. The highest BCUT2D eigenvalue weighted by atomic mass is 16.3. The Morgan fingerprint density at radius 2 is 1.06 bits per heavy atom. The van der Waals surface area contributed by atoms with Gasteiger partial charge in [-0.05, 0) is 68.9 Å². The molecule has 0 aliphatic rings. The number of hydrogen-bond acceptors (Lipinski definition) is 2. The van der Waals surface area contributed by atoms with Crippen molar-refractivity contribution in [3.05, 3.63) is 182 Å². The number of furan rings is 1. The fraction of sp³-hybridized carbons (Fsp3) is 0. The van der Waals surface area contributed by atoms with Gasteiger partial charge in [0, 0.05) is 38.7 Å². The van der Waals surface area contributed by atoms with E-state index in [-0.39, 0.29) is 0 Å². The summed E-state index contributed by atoms with van der Waals surface area (Å²) in [4.78, 5) is 2.36. The summed E-state index contributed by atoms with van der Waals surface area (Å²) in [6, 6.07) is 56.5. The Morgan fingerprint density at radius 3 is 1.92 bits per heavy atom. The summed E-state index contributed by atoms with van der Waals surface area (Å²) in [5.74, 6) is 0. The summed E-state index contributed by atoms with van der Waals surface area (Å²) in [5, 5.41) is 9.50. The van der Waals surface area contributed by atoms with Crippen LogP contribution in [0.25, 0.3) is 71.5 Å². The second kappa shape index (κ2) is 11.5. The summed E-state index contributed by atoms with van der Waals surface area (Å²) >= 11 is 0. The van der Waals surface area contributed by atoms with Crippen molar-refractivity contribution in [3.8, 4) is 11.1 Å². The van der Waals surface area contributed by atoms with E-state index in [2.05, 4.69) is 175 Å². The molecule has 9 aromatic rings. The number of rotatable bonds is 6. The van der Waals surface area contributed by atoms with E-state index in [1.54, 1.807) is 6.08 Å².